The Hall–Kier alpha value is -0.0800. The van der Waals surface area contributed by atoms with Crippen molar-refractivity contribution in [2.24, 2.45) is 23.5 Å². The molecule has 2 unspecified atom stereocenters. The van der Waals surface area contributed by atoms with Gasteiger partial charge in [0, 0.05) is 12.6 Å². The summed E-state index contributed by atoms with van der Waals surface area (Å²) in [7, 11) is 0. The lowest BCUT2D eigenvalue weighted by Crippen LogP contribution is -2.34. The molecule has 1 aliphatic heterocycles. The molecule has 18 heavy (non-hydrogen) atoms. The molecule has 0 aromatic rings. The van der Waals surface area contributed by atoms with Gasteiger partial charge in [-0.2, -0.15) is 0 Å². The van der Waals surface area contributed by atoms with E-state index in [0.717, 1.165) is 24.4 Å². The minimum atomic E-state index is 0.419. The van der Waals surface area contributed by atoms with Gasteiger partial charge in [0.2, 0.25) is 0 Å². The van der Waals surface area contributed by atoms with Gasteiger partial charge in [-0.3, -0.25) is 0 Å². The second-order valence-electron chi connectivity index (χ2n) is 6.80. The molecule has 0 spiro atoms. The fraction of sp³-hybridized carbons (Fsp3) is 1.00. The van der Waals surface area contributed by atoms with Crippen molar-refractivity contribution in [3.05, 3.63) is 0 Å². The molecule has 2 aliphatic rings. The molecule has 1 saturated heterocycles. The van der Waals surface area contributed by atoms with Gasteiger partial charge in [-0.1, -0.05) is 13.8 Å². The molecule has 1 heterocycles. The largest absolute Gasteiger partial charge is 0.378 e. The molecule has 106 valence electrons. The molecule has 0 bridgehead atoms. The third-order valence-electron chi connectivity index (χ3n) is 5.21. The van der Waals surface area contributed by atoms with E-state index < -0.39 is 0 Å². The fourth-order valence-electron chi connectivity index (χ4n) is 3.73. The van der Waals surface area contributed by atoms with Gasteiger partial charge >= 0.3 is 0 Å². The molecular weight excluding hydrogens is 222 g/mol. The minimum absolute atomic E-state index is 0.419. The summed E-state index contributed by atoms with van der Waals surface area (Å²) in [5, 5.41) is 0. The highest BCUT2D eigenvalue weighted by Crippen LogP contribution is 2.35. The molecule has 0 aromatic heterocycles. The van der Waals surface area contributed by atoms with Crippen LogP contribution >= 0.6 is 0 Å². The van der Waals surface area contributed by atoms with Crippen LogP contribution in [0.5, 0.6) is 0 Å². The van der Waals surface area contributed by atoms with Crippen molar-refractivity contribution in [3.63, 3.8) is 0 Å². The lowest BCUT2D eigenvalue weighted by molar-refractivity contribution is 0.0964. The van der Waals surface area contributed by atoms with Gasteiger partial charge in [-0.15, -0.1) is 0 Å². The molecule has 1 aliphatic carbocycles. The van der Waals surface area contributed by atoms with Crippen molar-refractivity contribution in [2.45, 2.75) is 77.4 Å². The molecule has 0 aromatic carbocycles. The molecule has 0 radical (unpaired) electrons. The summed E-state index contributed by atoms with van der Waals surface area (Å²) in [6.07, 6.45) is 10.9. The van der Waals surface area contributed by atoms with Gasteiger partial charge in [0.05, 0.1) is 6.10 Å². The minimum Gasteiger partial charge on any atom is -0.378 e. The average molecular weight is 253 g/mol. The Morgan fingerprint density at radius 1 is 1.06 bits per heavy atom. The Morgan fingerprint density at radius 2 is 1.72 bits per heavy atom. The van der Waals surface area contributed by atoms with Crippen LogP contribution in [0.1, 0.15) is 65.2 Å². The fourth-order valence-corrected chi connectivity index (χ4v) is 3.73. The molecule has 2 atom stereocenters. The van der Waals surface area contributed by atoms with Gasteiger partial charge < -0.3 is 10.5 Å². The lowest BCUT2D eigenvalue weighted by atomic mass is 9.74. The number of hydrogen-bond donors (Lipinski definition) is 1. The molecule has 2 fully saturated rings. The first kappa shape index (κ1) is 14.3. The van der Waals surface area contributed by atoms with Gasteiger partial charge in [0.1, 0.15) is 0 Å². The zero-order valence-corrected chi connectivity index (χ0v) is 12.2. The summed E-state index contributed by atoms with van der Waals surface area (Å²) in [4.78, 5) is 0. The Labute approximate surface area is 113 Å². The van der Waals surface area contributed by atoms with Gasteiger partial charge in [-0.25, -0.2) is 0 Å². The van der Waals surface area contributed by atoms with Gasteiger partial charge in [0.25, 0.3) is 0 Å². The van der Waals surface area contributed by atoms with E-state index in [0.29, 0.717) is 12.1 Å². The van der Waals surface area contributed by atoms with E-state index in [1.807, 2.05) is 0 Å². The number of ether oxygens (including phenoxy) is 1. The summed E-state index contributed by atoms with van der Waals surface area (Å²) in [6.45, 7) is 5.70. The van der Waals surface area contributed by atoms with Crippen molar-refractivity contribution in [2.75, 3.05) is 6.61 Å². The van der Waals surface area contributed by atoms with E-state index >= 15 is 0 Å². The predicted octanol–water partition coefficient (Wildman–Crippen LogP) is 3.74. The van der Waals surface area contributed by atoms with Crippen LogP contribution in [0.25, 0.3) is 0 Å². The molecule has 2 heteroatoms. The quantitative estimate of drug-likeness (QED) is 0.810. The molecule has 2 N–H and O–H groups in total. The highest BCUT2D eigenvalue weighted by molar-refractivity contribution is 4.82. The number of nitrogens with two attached hydrogens (primary N) is 1. The Morgan fingerprint density at radius 3 is 2.28 bits per heavy atom. The summed E-state index contributed by atoms with van der Waals surface area (Å²) < 4.78 is 5.68. The third-order valence-corrected chi connectivity index (χ3v) is 5.21. The molecular formula is C16H31NO. The van der Waals surface area contributed by atoms with E-state index in [1.54, 1.807) is 0 Å². The second kappa shape index (κ2) is 6.91. The molecule has 2 rings (SSSR count). The summed E-state index contributed by atoms with van der Waals surface area (Å²) >= 11 is 0. The maximum absolute atomic E-state index is 6.39. The van der Waals surface area contributed by atoms with E-state index in [9.17, 15) is 0 Å². The Balaban J connectivity index is 1.65. The van der Waals surface area contributed by atoms with Crippen molar-refractivity contribution in [1.29, 1.82) is 0 Å². The summed E-state index contributed by atoms with van der Waals surface area (Å²) in [5.74, 6) is 2.59. The van der Waals surface area contributed by atoms with Crippen molar-refractivity contribution >= 4 is 0 Å². The molecule has 2 nitrogen and oxygen atoms in total. The summed E-state index contributed by atoms with van der Waals surface area (Å²) in [6, 6.07) is 0.419. The SMILES string of the molecule is CC(C)C1CCC(C(N)CCC2CCCO2)CC1. The molecule has 1 saturated carbocycles. The maximum atomic E-state index is 6.39. The smallest absolute Gasteiger partial charge is 0.0576 e. The van der Waals surface area contributed by atoms with Crippen LogP contribution in [-0.4, -0.2) is 18.8 Å². The third kappa shape index (κ3) is 3.96. The van der Waals surface area contributed by atoms with E-state index in [4.69, 9.17) is 10.5 Å². The normalized spacial score (nSPS) is 35.0. The first-order valence-corrected chi connectivity index (χ1v) is 8.04. The average Bonchev–Trinajstić information content (AvgIpc) is 2.89. The van der Waals surface area contributed by atoms with Gasteiger partial charge in [0.15, 0.2) is 0 Å². The Bertz CT molecular complexity index is 227. The maximum Gasteiger partial charge on any atom is 0.0576 e. The Kier molecular flexibility index (Phi) is 5.50. The van der Waals surface area contributed by atoms with Crippen LogP contribution in [0.3, 0.4) is 0 Å². The van der Waals surface area contributed by atoms with Crippen LogP contribution in [-0.2, 0) is 4.74 Å². The van der Waals surface area contributed by atoms with Crippen LogP contribution in [0.15, 0.2) is 0 Å². The monoisotopic (exact) mass is 253 g/mol. The van der Waals surface area contributed by atoms with Crippen LogP contribution < -0.4 is 5.73 Å². The molecule has 0 amide bonds. The zero-order valence-electron chi connectivity index (χ0n) is 12.2. The van der Waals surface area contributed by atoms with Crippen molar-refractivity contribution in [1.82, 2.24) is 0 Å². The second-order valence-corrected chi connectivity index (χ2v) is 6.80. The predicted molar refractivity (Wildman–Crippen MR) is 76.5 cm³/mol. The van der Waals surface area contributed by atoms with Crippen molar-refractivity contribution < 1.29 is 4.74 Å². The number of hydrogen-bond acceptors (Lipinski definition) is 2. The lowest BCUT2D eigenvalue weighted by Gasteiger charge is -2.34. The van der Waals surface area contributed by atoms with Crippen molar-refractivity contribution in [3.8, 4) is 0 Å². The highest BCUT2D eigenvalue weighted by Gasteiger charge is 2.27. The van der Waals surface area contributed by atoms with E-state index in [2.05, 4.69) is 13.8 Å². The van der Waals surface area contributed by atoms with Crippen LogP contribution in [0.2, 0.25) is 0 Å². The first-order chi connectivity index (χ1) is 8.66. The first-order valence-electron chi connectivity index (χ1n) is 8.04. The standard InChI is InChI=1S/C16H31NO/c1-12(2)13-5-7-14(8-6-13)16(17)10-9-15-4-3-11-18-15/h12-16H,3-11,17H2,1-2H3. The van der Waals surface area contributed by atoms with Gasteiger partial charge in [-0.05, 0) is 69.1 Å². The summed E-state index contributed by atoms with van der Waals surface area (Å²) in [5.41, 5.74) is 6.39. The van der Waals surface area contributed by atoms with E-state index in [1.165, 1.54) is 51.4 Å². The van der Waals surface area contributed by atoms with E-state index in [-0.39, 0.29) is 0 Å². The zero-order chi connectivity index (χ0) is 13.0. The highest BCUT2D eigenvalue weighted by atomic mass is 16.5. The topological polar surface area (TPSA) is 35.2 Å². The van der Waals surface area contributed by atoms with Crippen LogP contribution in [0.4, 0.5) is 0 Å². The van der Waals surface area contributed by atoms with Crippen LogP contribution in [0, 0.1) is 17.8 Å². The number of rotatable bonds is 5.